The van der Waals surface area contributed by atoms with Crippen molar-refractivity contribution in [3.05, 3.63) is 54.7 Å². The molecule has 0 radical (unpaired) electrons. The summed E-state index contributed by atoms with van der Waals surface area (Å²) in [6.07, 6.45) is 1.63. The number of nitrogens with two attached hydrogens (primary N) is 1. The Bertz CT molecular complexity index is 1250. The molecular weight excluding hydrogens is 368 g/mol. The van der Waals surface area contributed by atoms with E-state index in [1.54, 1.807) is 6.20 Å². The van der Waals surface area contributed by atoms with Gasteiger partial charge in [-0.1, -0.05) is 12.1 Å². The second kappa shape index (κ2) is 6.34. The molecule has 0 aliphatic heterocycles. The van der Waals surface area contributed by atoms with Gasteiger partial charge in [0.05, 0.1) is 21.8 Å². The molecule has 10 heteroatoms. The van der Waals surface area contributed by atoms with Crippen LogP contribution in [0.1, 0.15) is 1.43 Å². The first-order valence-corrected chi connectivity index (χ1v) is 9.36. The minimum atomic E-state index is -3.77. The van der Waals surface area contributed by atoms with E-state index in [-0.39, 0.29) is 17.9 Å². The smallest absolute Gasteiger partial charge is 0.238 e. The number of nitrogens with zero attached hydrogens (tertiary/aromatic N) is 3. The zero-order valence-corrected chi connectivity index (χ0v) is 14.6. The lowest BCUT2D eigenvalue weighted by atomic mass is 10.1. The highest BCUT2D eigenvalue weighted by atomic mass is 32.2. The molecular formula is C17H16N6O3S. The fourth-order valence-electron chi connectivity index (χ4n) is 2.75. The number of aromatic nitrogens is 3. The molecule has 2 heterocycles. The molecule has 4 aromatic rings. The third-order valence-electron chi connectivity index (χ3n) is 4.00. The van der Waals surface area contributed by atoms with E-state index in [2.05, 4.69) is 25.4 Å². The minimum absolute atomic E-state index is 0. The van der Waals surface area contributed by atoms with Crippen LogP contribution in [0.5, 0.6) is 5.88 Å². The monoisotopic (exact) mass is 384 g/mol. The van der Waals surface area contributed by atoms with Gasteiger partial charge in [0.25, 0.3) is 0 Å². The van der Waals surface area contributed by atoms with Crippen LogP contribution in [0.15, 0.2) is 69.9 Å². The Morgan fingerprint density at radius 3 is 2.52 bits per heavy atom. The van der Waals surface area contributed by atoms with E-state index in [0.29, 0.717) is 16.6 Å². The number of aromatic amines is 2. The van der Waals surface area contributed by atoms with Crippen LogP contribution >= 0.6 is 0 Å². The van der Waals surface area contributed by atoms with Crippen LogP contribution in [0.4, 0.5) is 11.4 Å². The number of H-pyrrole nitrogens is 2. The van der Waals surface area contributed by atoms with Gasteiger partial charge < -0.3 is 10.1 Å². The molecule has 0 atom stereocenters. The van der Waals surface area contributed by atoms with E-state index in [9.17, 15) is 13.5 Å². The van der Waals surface area contributed by atoms with Crippen molar-refractivity contribution in [2.24, 2.45) is 15.4 Å². The molecule has 0 unspecified atom stereocenters. The molecule has 2 aromatic heterocycles. The summed E-state index contributed by atoms with van der Waals surface area (Å²) < 4.78 is 22.6. The molecule has 0 aliphatic carbocycles. The number of primary sulfonamides is 1. The lowest BCUT2D eigenvalue weighted by molar-refractivity contribution is 0.459. The molecule has 0 spiro atoms. The first-order chi connectivity index (χ1) is 12.9. The van der Waals surface area contributed by atoms with Crippen molar-refractivity contribution in [3.63, 3.8) is 0 Å². The van der Waals surface area contributed by atoms with E-state index in [4.69, 9.17) is 5.14 Å². The average molecular weight is 384 g/mol. The highest BCUT2D eigenvalue weighted by Crippen LogP contribution is 2.41. The maximum absolute atomic E-state index is 11.3. The maximum Gasteiger partial charge on any atom is 0.238 e. The average Bonchev–Trinajstić information content (AvgIpc) is 3.27. The highest BCUT2D eigenvalue weighted by Gasteiger charge is 2.16. The van der Waals surface area contributed by atoms with Crippen molar-refractivity contribution >= 4 is 32.3 Å². The van der Waals surface area contributed by atoms with Crippen molar-refractivity contribution in [2.75, 3.05) is 0 Å². The Morgan fingerprint density at radius 1 is 1.07 bits per heavy atom. The lowest BCUT2D eigenvalue weighted by Crippen LogP contribution is -2.11. The predicted molar refractivity (Wildman–Crippen MR) is 102 cm³/mol. The van der Waals surface area contributed by atoms with Crippen LogP contribution in [0.25, 0.3) is 22.2 Å². The van der Waals surface area contributed by atoms with Gasteiger partial charge in [-0.15, -0.1) is 5.11 Å². The van der Waals surface area contributed by atoms with Crippen molar-refractivity contribution in [2.45, 2.75) is 4.90 Å². The van der Waals surface area contributed by atoms with E-state index in [1.807, 2.05) is 24.3 Å². The molecule has 0 bridgehead atoms. The number of benzene rings is 2. The van der Waals surface area contributed by atoms with Crippen LogP contribution in [0, 0.1) is 0 Å². The molecule has 0 aliphatic rings. The molecule has 0 amide bonds. The predicted octanol–water partition coefficient (Wildman–Crippen LogP) is 3.57. The molecule has 0 saturated heterocycles. The maximum atomic E-state index is 11.3. The molecule has 138 valence electrons. The fourth-order valence-corrected chi connectivity index (χ4v) is 3.27. The highest BCUT2D eigenvalue weighted by molar-refractivity contribution is 7.89. The van der Waals surface area contributed by atoms with E-state index in [0.717, 1.165) is 11.3 Å². The van der Waals surface area contributed by atoms with Gasteiger partial charge in [0.2, 0.25) is 15.9 Å². The van der Waals surface area contributed by atoms with Crippen molar-refractivity contribution in [3.8, 4) is 17.1 Å². The molecule has 0 fully saturated rings. The quantitative estimate of drug-likeness (QED) is 0.398. The fraction of sp³-hybridized carbons (Fsp3) is 0. The zero-order chi connectivity index (χ0) is 19.0. The van der Waals surface area contributed by atoms with Crippen LogP contribution in [0.2, 0.25) is 0 Å². The zero-order valence-electron chi connectivity index (χ0n) is 13.8. The van der Waals surface area contributed by atoms with Gasteiger partial charge in [-0.25, -0.2) is 13.6 Å². The molecule has 2 aromatic carbocycles. The van der Waals surface area contributed by atoms with Crippen LogP contribution in [-0.2, 0) is 10.0 Å². The number of aromatic hydroxyl groups is 1. The summed E-state index contributed by atoms with van der Waals surface area (Å²) in [7, 11) is -3.77. The van der Waals surface area contributed by atoms with Crippen LogP contribution in [0.3, 0.4) is 0 Å². The van der Waals surface area contributed by atoms with E-state index < -0.39 is 10.0 Å². The number of hydrogen-bond acceptors (Lipinski definition) is 6. The second-order valence-corrected chi connectivity index (χ2v) is 7.32. The van der Waals surface area contributed by atoms with E-state index in [1.165, 1.54) is 24.3 Å². The van der Waals surface area contributed by atoms with Crippen molar-refractivity contribution in [1.82, 2.24) is 15.2 Å². The largest absolute Gasteiger partial charge is 0.493 e. The van der Waals surface area contributed by atoms with Gasteiger partial charge in [0.1, 0.15) is 0 Å². The van der Waals surface area contributed by atoms with Crippen molar-refractivity contribution < 1.29 is 15.0 Å². The number of azo groups is 1. The van der Waals surface area contributed by atoms with Crippen LogP contribution in [-0.4, -0.2) is 28.7 Å². The summed E-state index contributed by atoms with van der Waals surface area (Å²) in [5, 5.41) is 31.1. The summed E-state index contributed by atoms with van der Waals surface area (Å²) in [5.41, 5.74) is 2.95. The Labute approximate surface area is 155 Å². The third-order valence-corrected chi connectivity index (χ3v) is 4.93. The Balaban J connectivity index is 0.00000225. The van der Waals surface area contributed by atoms with Gasteiger partial charge in [0, 0.05) is 18.6 Å². The Morgan fingerprint density at radius 2 is 1.85 bits per heavy atom. The lowest BCUT2D eigenvalue weighted by Gasteiger charge is -2.01. The molecule has 0 saturated carbocycles. The molecule has 5 N–H and O–H groups in total. The number of sulfonamides is 1. The standard InChI is InChI=1S/C17H14N6O3S.H2/c18-27(25,26)11-6-4-10(5-7-11)21-23-16-15-12(13-8-9-19-22-13)2-1-3-14(15)20-17(16)24;/h1-9,20,24H,(H,19,22)(H2,18,25,26);1H. The summed E-state index contributed by atoms with van der Waals surface area (Å²) in [4.78, 5) is 2.85. The number of nitrogens with one attached hydrogen (secondary N) is 2. The first kappa shape index (κ1) is 16.9. The van der Waals surface area contributed by atoms with Crippen molar-refractivity contribution in [1.29, 1.82) is 0 Å². The molecule has 27 heavy (non-hydrogen) atoms. The van der Waals surface area contributed by atoms with Gasteiger partial charge in [-0.3, -0.25) is 5.10 Å². The molecule has 4 rings (SSSR count). The Hall–Kier alpha value is -3.50. The van der Waals surface area contributed by atoms with Crippen LogP contribution < -0.4 is 5.14 Å². The summed E-state index contributed by atoms with van der Waals surface area (Å²) in [6.45, 7) is 0. The number of hydrogen-bond donors (Lipinski definition) is 4. The van der Waals surface area contributed by atoms with Gasteiger partial charge >= 0.3 is 0 Å². The normalized spacial score (nSPS) is 12.2. The van der Waals surface area contributed by atoms with Gasteiger partial charge in [-0.05, 0) is 36.4 Å². The summed E-state index contributed by atoms with van der Waals surface area (Å²) in [5.74, 6) is -0.123. The van der Waals surface area contributed by atoms with E-state index >= 15 is 0 Å². The Kier molecular flexibility index (Phi) is 3.98. The number of rotatable bonds is 4. The van der Waals surface area contributed by atoms with Gasteiger partial charge in [-0.2, -0.15) is 10.2 Å². The SMILES string of the molecule is NS(=O)(=O)c1ccc(N=Nc2c(O)[nH]c3cccc(-c4ccn[nH]4)c23)cc1.[HH]. The summed E-state index contributed by atoms with van der Waals surface area (Å²) >= 11 is 0. The minimum Gasteiger partial charge on any atom is -0.493 e. The number of fused-ring (bicyclic) bond motifs is 1. The third kappa shape index (κ3) is 3.18. The van der Waals surface area contributed by atoms with Gasteiger partial charge in [0.15, 0.2) is 5.69 Å². The molecule has 9 nitrogen and oxygen atoms in total. The second-order valence-electron chi connectivity index (χ2n) is 5.76. The first-order valence-electron chi connectivity index (χ1n) is 7.81. The summed E-state index contributed by atoms with van der Waals surface area (Å²) in [6, 6.07) is 13.0. The topological polar surface area (TPSA) is 150 Å².